The van der Waals surface area contributed by atoms with Crippen LogP contribution < -0.4 is 5.56 Å². The molecule has 0 bridgehead atoms. The van der Waals surface area contributed by atoms with Crippen molar-refractivity contribution in [2.75, 3.05) is 7.11 Å². The van der Waals surface area contributed by atoms with Gasteiger partial charge in [-0.3, -0.25) is 4.79 Å². The number of H-pyrrole nitrogens is 1. The fraction of sp³-hybridized carbons (Fsp3) is 0.167. The van der Waals surface area contributed by atoms with Gasteiger partial charge in [0.2, 0.25) is 0 Å². The highest BCUT2D eigenvalue weighted by molar-refractivity contribution is 14.1. The zero-order valence-corrected chi connectivity index (χ0v) is 12.8. The number of aromatic amines is 1. The number of rotatable bonds is 3. The van der Waals surface area contributed by atoms with Crippen LogP contribution in [-0.4, -0.2) is 22.2 Å². The molecule has 1 aromatic heterocycles. The third kappa shape index (κ3) is 3.07. The van der Waals surface area contributed by atoms with Crippen LogP contribution in [0.3, 0.4) is 0 Å². The molecule has 2 N–H and O–H groups in total. The number of nitrogens with one attached hydrogen (secondary N) is 1. The summed E-state index contributed by atoms with van der Waals surface area (Å²) in [7, 11) is 1.54. The number of methoxy groups -OCH3 is 1. The summed E-state index contributed by atoms with van der Waals surface area (Å²) >= 11 is 7.76. The number of ether oxygens (including phenoxy) is 1. The number of aromatic hydroxyl groups is 1. The van der Waals surface area contributed by atoms with Crippen LogP contribution in [0.15, 0.2) is 23.0 Å². The highest BCUT2D eigenvalue weighted by Gasteiger charge is 2.11. The van der Waals surface area contributed by atoms with Crippen LogP contribution in [0.25, 0.3) is 11.4 Å². The molecule has 100 valence electrons. The molecule has 0 aliphatic carbocycles. The third-order valence-electron chi connectivity index (χ3n) is 2.43. The lowest BCUT2D eigenvalue weighted by Crippen LogP contribution is -2.16. The molecule has 2 rings (SSSR count). The van der Waals surface area contributed by atoms with E-state index in [0.717, 1.165) is 0 Å². The van der Waals surface area contributed by atoms with Gasteiger partial charge in [-0.25, -0.2) is 4.98 Å². The average Bonchev–Trinajstić information content (AvgIpc) is 2.38. The number of phenolic OH excluding ortho intramolecular Hbond substituents is 1. The van der Waals surface area contributed by atoms with Crippen LogP contribution >= 0.6 is 34.2 Å². The molecule has 5 nitrogen and oxygen atoms in total. The maximum atomic E-state index is 11.8. The van der Waals surface area contributed by atoms with E-state index in [1.807, 2.05) is 22.6 Å². The summed E-state index contributed by atoms with van der Waals surface area (Å²) in [6.07, 6.45) is 0. The van der Waals surface area contributed by atoms with Crippen molar-refractivity contribution < 1.29 is 9.84 Å². The number of halogens is 2. The summed E-state index contributed by atoms with van der Waals surface area (Å²) < 4.78 is 5.50. The first kappa shape index (κ1) is 14.3. The highest BCUT2D eigenvalue weighted by Crippen LogP contribution is 2.27. The maximum Gasteiger partial charge on any atom is 0.264 e. The number of nitrogens with zero attached hydrogens (tertiary/aromatic N) is 1. The van der Waals surface area contributed by atoms with Gasteiger partial charge < -0.3 is 14.8 Å². The van der Waals surface area contributed by atoms with E-state index in [9.17, 15) is 9.90 Å². The van der Waals surface area contributed by atoms with Gasteiger partial charge >= 0.3 is 0 Å². The van der Waals surface area contributed by atoms with Gasteiger partial charge in [0.05, 0.1) is 17.3 Å². The molecule has 0 aliphatic heterocycles. The molecule has 19 heavy (non-hydrogen) atoms. The maximum absolute atomic E-state index is 11.8. The lowest BCUT2D eigenvalue weighted by molar-refractivity contribution is 0.180. The Hall–Kier alpha value is -1.12. The molecule has 2 aromatic rings. The van der Waals surface area contributed by atoms with E-state index in [0.29, 0.717) is 20.7 Å². The Bertz CT molecular complexity index is 673. The second-order valence-corrected chi connectivity index (χ2v) is 5.26. The molecule has 0 spiro atoms. The largest absolute Gasteiger partial charge is 0.506 e. The van der Waals surface area contributed by atoms with E-state index >= 15 is 0 Å². The van der Waals surface area contributed by atoms with Gasteiger partial charge in [-0.1, -0.05) is 11.6 Å². The normalized spacial score (nSPS) is 10.7. The van der Waals surface area contributed by atoms with Crippen LogP contribution in [0.4, 0.5) is 0 Å². The SMILES string of the molecule is COCc1nc(-c2ccc(O)c(Cl)c2)[nH]c(=O)c1I. The fourth-order valence-corrected chi connectivity index (χ4v) is 2.12. The standard InChI is InChI=1S/C12H10ClIN2O3/c1-19-5-8-10(14)12(18)16-11(15-8)6-2-3-9(17)7(13)4-6/h2-4,17H,5H2,1H3,(H,15,16,18). The molecular formula is C12H10ClIN2O3. The first-order chi connectivity index (χ1) is 9.02. The molecule has 0 unspecified atom stereocenters. The Balaban J connectivity index is 2.56. The third-order valence-corrected chi connectivity index (χ3v) is 3.85. The summed E-state index contributed by atoms with van der Waals surface area (Å²) in [5, 5.41) is 9.58. The first-order valence-electron chi connectivity index (χ1n) is 5.29. The topological polar surface area (TPSA) is 75.2 Å². The van der Waals surface area contributed by atoms with Crippen molar-refractivity contribution in [3.8, 4) is 17.1 Å². The molecular weight excluding hydrogens is 382 g/mol. The van der Waals surface area contributed by atoms with E-state index in [4.69, 9.17) is 16.3 Å². The highest BCUT2D eigenvalue weighted by atomic mass is 127. The molecule has 1 aromatic carbocycles. The van der Waals surface area contributed by atoms with Crippen LogP contribution in [0.2, 0.25) is 5.02 Å². The van der Waals surface area contributed by atoms with Crippen LogP contribution in [0, 0.1) is 3.57 Å². The van der Waals surface area contributed by atoms with Gasteiger partial charge in [0.1, 0.15) is 15.1 Å². The zero-order chi connectivity index (χ0) is 14.0. The van der Waals surface area contributed by atoms with E-state index in [1.54, 1.807) is 12.1 Å². The van der Waals surface area contributed by atoms with Gasteiger partial charge in [0, 0.05) is 12.7 Å². The number of aromatic nitrogens is 2. The fourth-order valence-electron chi connectivity index (χ4n) is 1.53. The molecule has 0 atom stereocenters. The van der Waals surface area contributed by atoms with Crippen molar-refractivity contribution in [3.63, 3.8) is 0 Å². The van der Waals surface area contributed by atoms with Crippen molar-refractivity contribution in [2.45, 2.75) is 6.61 Å². The van der Waals surface area contributed by atoms with Crippen molar-refractivity contribution in [1.82, 2.24) is 9.97 Å². The predicted molar refractivity (Wildman–Crippen MR) is 80.4 cm³/mol. The van der Waals surface area contributed by atoms with Gasteiger partial charge in [-0.2, -0.15) is 0 Å². The molecule has 0 fully saturated rings. The molecule has 0 aliphatic rings. The minimum absolute atomic E-state index is 0.0182. The Morgan fingerprint density at radius 3 is 2.89 bits per heavy atom. The lowest BCUT2D eigenvalue weighted by Gasteiger charge is -2.07. The zero-order valence-electron chi connectivity index (χ0n) is 9.91. The first-order valence-corrected chi connectivity index (χ1v) is 6.75. The summed E-state index contributed by atoms with van der Waals surface area (Å²) in [5.41, 5.74) is 0.946. The number of phenols is 1. The quantitative estimate of drug-likeness (QED) is 0.787. The van der Waals surface area contributed by atoms with E-state index in [-0.39, 0.29) is 22.9 Å². The summed E-state index contributed by atoms with van der Waals surface area (Å²) in [4.78, 5) is 18.8. The van der Waals surface area contributed by atoms with Gasteiger partial charge in [0.25, 0.3) is 5.56 Å². The van der Waals surface area contributed by atoms with E-state index in [2.05, 4.69) is 9.97 Å². The smallest absolute Gasteiger partial charge is 0.264 e. The van der Waals surface area contributed by atoms with Crippen molar-refractivity contribution in [3.05, 3.63) is 42.8 Å². The second kappa shape index (κ2) is 5.89. The minimum Gasteiger partial charge on any atom is -0.506 e. The summed E-state index contributed by atoms with van der Waals surface area (Å²) in [6, 6.07) is 4.62. The monoisotopic (exact) mass is 392 g/mol. The Kier molecular flexibility index (Phi) is 4.43. The van der Waals surface area contributed by atoms with Crippen LogP contribution in [0.5, 0.6) is 5.75 Å². The van der Waals surface area contributed by atoms with Gasteiger partial charge in [-0.15, -0.1) is 0 Å². The van der Waals surface area contributed by atoms with Gasteiger partial charge in [0.15, 0.2) is 0 Å². The predicted octanol–water partition coefficient (Wildman–Crippen LogP) is 2.55. The molecule has 1 heterocycles. The molecule has 7 heteroatoms. The number of benzene rings is 1. The van der Waals surface area contributed by atoms with Crippen molar-refractivity contribution >= 4 is 34.2 Å². The Morgan fingerprint density at radius 2 is 2.26 bits per heavy atom. The van der Waals surface area contributed by atoms with Crippen molar-refractivity contribution in [1.29, 1.82) is 0 Å². The van der Waals surface area contributed by atoms with Gasteiger partial charge in [-0.05, 0) is 40.8 Å². The lowest BCUT2D eigenvalue weighted by atomic mass is 10.2. The molecule has 0 saturated heterocycles. The molecule has 0 radical (unpaired) electrons. The van der Waals surface area contributed by atoms with Crippen LogP contribution in [0.1, 0.15) is 5.69 Å². The van der Waals surface area contributed by atoms with Crippen LogP contribution in [-0.2, 0) is 11.3 Å². The Morgan fingerprint density at radius 1 is 1.53 bits per heavy atom. The summed E-state index contributed by atoms with van der Waals surface area (Å²) in [5.74, 6) is 0.370. The number of hydrogen-bond acceptors (Lipinski definition) is 4. The van der Waals surface area contributed by atoms with E-state index in [1.165, 1.54) is 13.2 Å². The minimum atomic E-state index is -0.234. The molecule has 0 saturated carbocycles. The second-order valence-electron chi connectivity index (χ2n) is 3.77. The summed E-state index contributed by atoms with van der Waals surface area (Å²) in [6.45, 7) is 0.251. The molecule has 0 amide bonds. The number of hydrogen-bond donors (Lipinski definition) is 2. The van der Waals surface area contributed by atoms with E-state index < -0.39 is 0 Å². The Labute approximate surface area is 127 Å². The van der Waals surface area contributed by atoms with Crippen molar-refractivity contribution in [2.24, 2.45) is 0 Å². The average molecular weight is 393 g/mol.